The van der Waals surface area contributed by atoms with E-state index < -0.39 is 5.75 Å². The molecule has 20 heavy (non-hydrogen) atoms. The molecular weight excluding hydrogens is 256 g/mol. The lowest BCUT2D eigenvalue weighted by molar-refractivity contribution is 0.0996. The molecule has 3 rings (SSSR count). The lowest BCUT2D eigenvalue weighted by atomic mass is 9.97. The number of hydrogen-bond acceptors (Lipinski definition) is 4. The van der Waals surface area contributed by atoms with E-state index in [1.165, 1.54) is 12.1 Å². The molecule has 4 heteroatoms. The van der Waals surface area contributed by atoms with Gasteiger partial charge in [0.25, 0.3) is 0 Å². The molecule has 100 valence electrons. The minimum atomic E-state index is -0.439. The molecule has 0 unspecified atom stereocenters. The fourth-order valence-corrected chi connectivity index (χ4v) is 2.14. The topological polar surface area (TPSA) is 66.8 Å². The number of carbonyl (C=O) groups excluding carboxylic acids is 1. The van der Waals surface area contributed by atoms with Crippen molar-refractivity contribution < 1.29 is 19.7 Å². The van der Waals surface area contributed by atoms with Crippen LogP contribution in [0.15, 0.2) is 48.0 Å². The minimum absolute atomic E-state index is 0.0124. The maximum atomic E-state index is 12.4. The van der Waals surface area contributed by atoms with E-state index in [1.54, 1.807) is 6.08 Å². The summed E-state index contributed by atoms with van der Waals surface area (Å²) in [6.07, 6.45) is 1.72. The summed E-state index contributed by atoms with van der Waals surface area (Å²) in [5.41, 5.74) is 1.32. The molecule has 2 N–H and O–H groups in total. The summed E-state index contributed by atoms with van der Waals surface area (Å²) in [6, 6.07) is 12.2. The van der Waals surface area contributed by atoms with Gasteiger partial charge in [-0.25, -0.2) is 0 Å². The molecule has 0 spiro atoms. The van der Waals surface area contributed by atoms with Crippen molar-refractivity contribution in [2.45, 2.75) is 0 Å². The quantitative estimate of drug-likeness (QED) is 0.616. The second-order valence-electron chi connectivity index (χ2n) is 4.50. The van der Waals surface area contributed by atoms with Crippen molar-refractivity contribution in [1.29, 1.82) is 0 Å². The van der Waals surface area contributed by atoms with Gasteiger partial charge in [0.1, 0.15) is 17.9 Å². The number of carbonyl (C=O) groups is 1. The molecule has 0 aromatic heterocycles. The fraction of sp³-hybridized carbons (Fsp3) is 0.0625. The van der Waals surface area contributed by atoms with Crippen LogP contribution in [0, 0.1) is 0 Å². The Morgan fingerprint density at radius 3 is 2.55 bits per heavy atom. The second kappa shape index (κ2) is 4.74. The normalized spacial score (nSPS) is 15.8. The highest BCUT2D eigenvalue weighted by Crippen LogP contribution is 2.39. The van der Waals surface area contributed by atoms with Crippen LogP contribution in [0.5, 0.6) is 17.2 Å². The Kier molecular flexibility index (Phi) is 2.91. The predicted octanol–water partition coefficient (Wildman–Crippen LogP) is 2.76. The average Bonchev–Trinajstić information content (AvgIpc) is 2.47. The maximum Gasteiger partial charge on any atom is 0.200 e. The van der Waals surface area contributed by atoms with Gasteiger partial charge in [-0.2, -0.15) is 0 Å². The molecule has 4 nitrogen and oxygen atoms in total. The highest BCUT2D eigenvalue weighted by Gasteiger charge is 2.28. The molecule has 1 aliphatic rings. The van der Waals surface area contributed by atoms with Gasteiger partial charge in [-0.3, -0.25) is 4.79 Å². The highest BCUT2D eigenvalue weighted by atomic mass is 16.5. The van der Waals surface area contributed by atoms with Crippen LogP contribution in [0.4, 0.5) is 0 Å². The van der Waals surface area contributed by atoms with E-state index in [0.717, 1.165) is 5.56 Å². The monoisotopic (exact) mass is 268 g/mol. The lowest BCUT2D eigenvalue weighted by Gasteiger charge is -2.20. The number of hydrogen-bond donors (Lipinski definition) is 2. The van der Waals surface area contributed by atoms with Gasteiger partial charge in [-0.05, 0) is 23.8 Å². The van der Waals surface area contributed by atoms with Gasteiger partial charge in [-0.1, -0.05) is 30.3 Å². The van der Waals surface area contributed by atoms with Crippen molar-refractivity contribution >= 4 is 11.9 Å². The summed E-state index contributed by atoms with van der Waals surface area (Å²) >= 11 is 0. The summed E-state index contributed by atoms with van der Waals surface area (Å²) in [5.74, 6) is -0.813. The van der Waals surface area contributed by atoms with Crippen LogP contribution < -0.4 is 4.74 Å². The van der Waals surface area contributed by atoms with Crippen LogP contribution in [-0.2, 0) is 0 Å². The number of benzene rings is 2. The van der Waals surface area contributed by atoms with E-state index in [1.807, 2.05) is 30.3 Å². The summed E-state index contributed by atoms with van der Waals surface area (Å²) in [7, 11) is 0. The first-order valence-electron chi connectivity index (χ1n) is 6.15. The van der Waals surface area contributed by atoms with Gasteiger partial charge in [-0.15, -0.1) is 0 Å². The zero-order valence-corrected chi connectivity index (χ0v) is 10.5. The lowest BCUT2D eigenvalue weighted by Crippen LogP contribution is -2.19. The Morgan fingerprint density at radius 2 is 1.80 bits per heavy atom. The van der Waals surface area contributed by atoms with Gasteiger partial charge in [0.15, 0.2) is 17.3 Å². The summed E-state index contributed by atoms with van der Waals surface area (Å²) in [5, 5.41) is 19.3. The third-order valence-electron chi connectivity index (χ3n) is 3.16. The van der Waals surface area contributed by atoms with E-state index in [0.29, 0.717) is 5.57 Å². The number of phenolic OH excluding ortho intramolecular Hbond substituents is 2. The number of ether oxygens (including phenoxy) is 1. The number of fused-ring (bicyclic) bond motifs is 1. The van der Waals surface area contributed by atoms with Crippen molar-refractivity contribution in [2.24, 2.45) is 0 Å². The van der Waals surface area contributed by atoms with Crippen LogP contribution in [-0.4, -0.2) is 22.6 Å². The smallest absolute Gasteiger partial charge is 0.200 e. The SMILES string of the molecule is O=C1/C(=C/c2ccccc2)COc2ccc(O)c(O)c21. The molecule has 0 bridgehead atoms. The van der Waals surface area contributed by atoms with Crippen molar-refractivity contribution in [3.8, 4) is 17.2 Å². The Morgan fingerprint density at radius 1 is 1.05 bits per heavy atom. The molecular formula is C16H12O4. The van der Waals surface area contributed by atoms with E-state index in [-0.39, 0.29) is 29.5 Å². The summed E-state index contributed by atoms with van der Waals surface area (Å²) in [6.45, 7) is 0.144. The molecule has 0 amide bonds. The number of Topliss-reactive ketones (excluding diaryl/α,β-unsaturated/α-hetero) is 1. The van der Waals surface area contributed by atoms with Gasteiger partial charge in [0, 0.05) is 5.57 Å². The molecule has 0 saturated carbocycles. The molecule has 2 aromatic rings. The zero-order valence-electron chi connectivity index (χ0n) is 10.5. The Labute approximate surface area is 115 Å². The predicted molar refractivity (Wildman–Crippen MR) is 74.0 cm³/mol. The van der Waals surface area contributed by atoms with Crippen LogP contribution in [0.3, 0.4) is 0 Å². The molecule has 0 aliphatic carbocycles. The summed E-state index contributed by atoms with van der Waals surface area (Å²) < 4.78 is 5.45. The second-order valence-corrected chi connectivity index (χ2v) is 4.50. The fourth-order valence-electron chi connectivity index (χ4n) is 2.14. The highest BCUT2D eigenvalue weighted by molar-refractivity contribution is 6.16. The van der Waals surface area contributed by atoms with E-state index >= 15 is 0 Å². The first-order chi connectivity index (χ1) is 9.66. The number of phenols is 2. The Hall–Kier alpha value is -2.75. The maximum absolute atomic E-state index is 12.4. The average molecular weight is 268 g/mol. The van der Waals surface area contributed by atoms with Crippen LogP contribution in [0.1, 0.15) is 15.9 Å². The van der Waals surface area contributed by atoms with Crippen LogP contribution in [0.2, 0.25) is 0 Å². The van der Waals surface area contributed by atoms with Crippen LogP contribution in [0.25, 0.3) is 6.08 Å². The third-order valence-corrected chi connectivity index (χ3v) is 3.16. The van der Waals surface area contributed by atoms with Crippen molar-refractivity contribution in [2.75, 3.05) is 6.61 Å². The molecule has 0 fully saturated rings. The molecule has 1 heterocycles. The minimum Gasteiger partial charge on any atom is -0.504 e. The molecule has 0 atom stereocenters. The first-order valence-corrected chi connectivity index (χ1v) is 6.15. The Bertz CT molecular complexity index is 702. The third kappa shape index (κ3) is 2.01. The summed E-state index contributed by atoms with van der Waals surface area (Å²) in [4.78, 5) is 12.4. The van der Waals surface area contributed by atoms with E-state index in [2.05, 4.69) is 0 Å². The van der Waals surface area contributed by atoms with E-state index in [9.17, 15) is 15.0 Å². The van der Waals surface area contributed by atoms with Crippen molar-refractivity contribution in [3.05, 3.63) is 59.2 Å². The zero-order chi connectivity index (χ0) is 14.1. The molecule has 1 aliphatic heterocycles. The standard InChI is InChI=1S/C16H12O4/c17-12-6-7-13-14(16(12)19)15(18)11(9-20-13)8-10-4-2-1-3-5-10/h1-8,17,19H,9H2/b11-8+. The molecule has 0 radical (unpaired) electrons. The largest absolute Gasteiger partial charge is 0.504 e. The van der Waals surface area contributed by atoms with Gasteiger partial charge in [0.2, 0.25) is 0 Å². The first kappa shape index (κ1) is 12.3. The van der Waals surface area contributed by atoms with Gasteiger partial charge >= 0.3 is 0 Å². The van der Waals surface area contributed by atoms with Crippen molar-refractivity contribution in [1.82, 2.24) is 0 Å². The Balaban J connectivity index is 2.05. The van der Waals surface area contributed by atoms with Crippen LogP contribution >= 0.6 is 0 Å². The number of aromatic hydroxyl groups is 2. The van der Waals surface area contributed by atoms with Crippen molar-refractivity contribution in [3.63, 3.8) is 0 Å². The van der Waals surface area contributed by atoms with E-state index in [4.69, 9.17) is 4.74 Å². The van der Waals surface area contributed by atoms with Gasteiger partial charge in [0.05, 0.1) is 0 Å². The molecule has 0 saturated heterocycles. The number of ketones is 1. The molecule has 2 aromatic carbocycles. The number of rotatable bonds is 1. The van der Waals surface area contributed by atoms with Gasteiger partial charge < -0.3 is 14.9 Å².